The molecule has 0 radical (unpaired) electrons. The first kappa shape index (κ1) is 14.4. The summed E-state index contributed by atoms with van der Waals surface area (Å²) < 4.78 is 30.1. The molecular weight excluding hydrogens is 249 g/mol. The number of methoxy groups -OCH3 is 2. The number of ether oxygens (including phenoxy) is 3. The van der Waals surface area contributed by atoms with Crippen LogP contribution in [-0.4, -0.2) is 33.7 Å². The van der Waals surface area contributed by atoms with Gasteiger partial charge in [-0.1, -0.05) is 18.2 Å². The molecule has 0 unspecified atom stereocenters. The van der Waals surface area contributed by atoms with Gasteiger partial charge in [0, 0.05) is 26.4 Å². The summed E-state index contributed by atoms with van der Waals surface area (Å²) in [6.07, 6.45) is 0.00635. The minimum absolute atomic E-state index is 0.256. The quantitative estimate of drug-likeness (QED) is 0.844. The molecule has 1 saturated heterocycles. The van der Waals surface area contributed by atoms with E-state index in [2.05, 4.69) is 0 Å². The predicted molar refractivity (Wildman–Crippen MR) is 69.0 cm³/mol. The van der Waals surface area contributed by atoms with Crippen molar-refractivity contribution in [2.45, 2.75) is 18.2 Å². The Balaban J connectivity index is 2.39. The molecule has 0 spiro atoms. The maximum atomic E-state index is 14.1. The lowest BCUT2D eigenvalue weighted by Crippen LogP contribution is -2.55. The lowest BCUT2D eigenvalue weighted by molar-refractivity contribution is -0.184. The molecule has 5 heteroatoms. The second-order valence-electron chi connectivity index (χ2n) is 4.79. The van der Waals surface area contributed by atoms with Crippen molar-refractivity contribution in [3.63, 3.8) is 0 Å². The molecule has 0 saturated carbocycles. The molecule has 2 atom stereocenters. The van der Waals surface area contributed by atoms with Crippen molar-refractivity contribution in [3.8, 4) is 0 Å². The third-order valence-corrected chi connectivity index (χ3v) is 3.79. The third-order valence-electron chi connectivity index (χ3n) is 3.79. The van der Waals surface area contributed by atoms with Crippen molar-refractivity contribution >= 4 is 0 Å². The third kappa shape index (κ3) is 2.65. The number of rotatable bonds is 4. The van der Waals surface area contributed by atoms with Crippen molar-refractivity contribution in [1.29, 1.82) is 0 Å². The van der Waals surface area contributed by atoms with Crippen LogP contribution in [0, 0.1) is 11.7 Å². The molecule has 2 rings (SSSR count). The smallest absolute Gasteiger partial charge is 0.163 e. The van der Waals surface area contributed by atoms with E-state index in [1.54, 1.807) is 32.4 Å². The van der Waals surface area contributed by atoms with Crippen LogP contribution >= 0.6 is 0 Å². The fourth-order valence-electron chi connectivity index (χ4n) is 2.70. The first-order valence-corrected chi connectivity index (χ1v) is 6.30. The molecule has 0 amide bonds. The van der Waals surface area contributed by atoms with Gasteiger partial charge in [-0.05, 0) is 12.5 Å². The van der Waals surface area contributed by atoms with Gasteiger partial charge in [0.2, 0.25) is 0 Å². The van der Waals surface area contributed by atoms with Gasteiger partial charge in [-0.15, -0.1) is 0 Å². The number of hydrogen-bond acceptors (Lipinski definition) is 4. The lowest BCUT2D eigenvalue weighted by atomic mass is 9.75. The Morgan fingerprint density at radius 2 is 2.05 bits per heavy atom. The number of nitrogens with two attached hydrogens (primary N) is 1. The molecule has 1 aromatic carbocycles. The zero-order valence-electron chi connectivity index (χ0n) is 11.3. The van der Waals surface area contributed by atoms with E-state index < -0.39 is 11.8 Å². The van der Waals surface area contributed by atoms with E-state index in [0.717, 1.165) is 0 Å². The Labute approximate surface area is 112 Å². The minimum Gasteiger partial charge on any atom is -0.381 e. The molecular formula is C14H20FNO3. The summed E-state index contributed by atoms with van der Waals surface area (Å²) in [5.41, 5.74) is 6.14. The lowest BCUT2D eigenvalue weighted by Gasteiger charge is -2.44. The molecule has 1 fully saturated rings. The number of halogens is 1. The SMILES string of the molecule is COC(OC)[C@H]1COCC[C@@]1(N)c1ccccc1F. The highest BCUT2D eigenvalue weighted by atomic mass is 19.1. The van der Waals surface area contributed by atoms with Crippen LogP contribution in [0.1, 0.15) is 12.0 Å². The highest BCUT2D eigenvalue weighted by molar-refractivity contribution is 5.27. The molecule has 106 valence electrons. The van der Waals surface area contributed by atoms with Crippen LogP contribution in [0.4, 0.5) is 4.39 Å². The maximum absolute atomic E-state index is 14.1. The molecule has 1 aromatic rings. The van der Waals surface area contributed by atoms with Gasteiger partial charge < -0.3 is 19.9 Å². The molecule has 2 N–H and O–H groups in total. The first-order chi connectivity index (χ1) is 9.13. The Hall–Kier alpha value is -1.01. The normalized spacial score (nSPS) is 27.7. The van der Waals surface area contributed by atoms with E-state index in [4.69, 9.17) is 19.9 Å². The van der Waals surface area contributed by atoms with Crippen molar-refractivity contribution in [2.75, 3.05) is 27.4 Å². The zero-order chi connectivity index (χ0) is 13.9. The fourth-order valence-corrected chi connectivity index (χ4v) is 2.70. The van der Waals surface area contributed by atoms with Crippen LogP contribution in [0.15, 0.2) is 24.3 Å². The van der Waals surface area contributed by atoms with Crippen molar-refractivity contribution in [1.82, 2.24) is 0 Å². The highest BCUT2D eigenvalue weighted by Gasteiger charge is 2.45. The van der Waals surface area contributed by atoms with Crippen LogP contribution in [0.25, 0.3) is 0 Å². The molecule has 0 aromatic heterocycles. The van der Waals surface area contributed by atoms with Gasteiger partial charge in [0.05, 0.1) is 18.1 Å². The second kappa shape index (κ2) is 5.96. The van der Waals surface area contributed by atoms with Gasteiger partial charge in [-0.25, -0.2) is 4.39 Å². The fraction of sp³-hybridized carbons (Fsp3) is 0.571. The summed E-state index contributed by atoms with van der Waals surface area (Å²) in [4.78, 5) is 0. The summed E-state index contributed by atoms with van der Waals surface area (Å²) in [5, 5.41) is 0. The van der Waals surface area contributed by atoms with Gasteiger partial charge in [0.1, 0.15) is 5.82 Å². The average Bonchev–Trinajstić information content (AvgIpc) is 2.42. The number of benzene rings is 1. The van der Waals surface area contributed by atoms with Crippen LogP contribution in [-0.2, 0) is 19.7 Å². The van der Waals surface area contributed by atoms with Crippen LogP contribution in [0.5, 0.6) is 0 Å². The van der Waals surface area contributed by atoms with Crippen molar-refractivity contribution in [2.24, 2.45) is 11.7 Å². The summed E-state index contributed by atoms with van der Waals surface area (Å²) in [5.74, 6) is -0.559. The standard InChI is InChI=1S/C14H20FNO3/c1-17-13(18-2)11-9-19-8-7-14(11,16)10-5-3-4-6-12(10)15/h3-6,11,13H,7-9,16H2,1-2H3/t11-,14-/m1/s1. The van der Waals surface area contributed by atoms with Crippen LogP contribution in [0.3, 0.4) is 0 Å². The molecule has 1 aliphatic rings. The summed E-state index contributed by atoms with van der Waals surface area (Å²) in [6, 6.07) is 6.58. The first-order valence-electron chi connectivity index (χ1n) is 6.30. The number of hydrogen-bond donors (Lipinski definition) is 1. The predicted octanol–water partition coefficient (Wildman–Crippen LogP) is 1.64. The maximum Gasteiger partial charge on any atom is 0.163 e. The molecule has 4 nitrogen and oxygen atoms in total. The second-order valence-corrected chi connectivity index (χ2v) is 4.79. The topological polar surface area (TPSA) is 53.7 Å². The van der Waals surface area contributed by atoms with E-state index in [1.807, 2.05) is 0 Å². The Kier molecular flexibility index (Phi) is 4.52. The Morgan fingerprint density at radius 1 is 1.37 bits per heavy atom. The Bertz CT molecular complexity index is 425. The monoisotopic (exact) mass is 269 g/mol. The van der Waals surface area contributed by atoms with Crippen molar-refractivity contribution in [3.05, 3.63) is 35.6 Å². The van der Waals surface area contributed by atoms with Crippen LogP contribution in [0.2, 0.25) is 0 Å². The van der Waals surface area contributed by atoms with Crippen molar-refractivity contribution < 1.29 is 18.6 Å². The van der Waals surface area contributed by atoms with E-state index in [9.17, 15) is 4.39 Å². The van der Waals surface area contributed by atoms with Gasteiger partial charge >= 0.3 is 0 Å². The minimum atomic E-state index is -0.847. The average molecular weight is 269 g/mol. The molecule has 1 aliphatic heterocycles. The van der Waals surface area contributed by atoms with E-state index in [1.165, 1.54) is 6.07 Å². The van der Waals surface area contributed by atoms with Gasteiger partial charge in [0.25, 0.3) is 0 Å². The molecule has 1 heterocycles. The highest BCUT2D eigenvalue weighted by Crippen LogP contribution is 2.38. The van der Waals surface area contributed by atoms with Crippen LogP contribution < -0.4 is 5.73 Å². The van der Waals surface area contributed by atoms with Gasteiger partial charge in [0.15, 0.2) is 6.29 Å². The summed E-state index contributed by atoms with van der Waals surface area (Å²) >= 11 is 0. The Morgan fingerprint density at radius 3 is 2.68 bits per heavy atom. The zero-order valence-corrected chi connectivity index (χ0v) is 11.3. The van der Waals surface area contributed by atoms with Gasteiger partial charge in [-0.2, -0.15) is 0 Å². The summed E-state index contributed by atoms with van der Waals surface area (Å²) in [6.45, 7) is 0.888. The van der Waals surface area contributed by atoms with E-state index >= 15 is 0 Å². The van der Waals surface area contributed by atoms with E-state index in [0.29, 0.717) is 25.2 Å². The largest absolute Gasteiger partial charge is 0.381 e. The molecule has 19 heavy (non-hydrogen) atoms. The molecule has 0 bridgehead atoms. The van der Waals surface area contributed by atoms with E-state index in [-0.39, 0.29) is 11.7 Å². The summed E-state index contributed by atoms with van der Waals surface area (Å²) in [7, 11) is 3.09. The molecule has 0 aliphatic carbocycles. The van der Waals surface area contributed by atoms with Gasteiger partial charge in [-0.3, -0.25) is 0 Å².